The molecule has 3 aromatic rings. The molecule has 0 unspecified atom stereocenters. The van der Waals surface area contributed by atoms with Gasteiger partial charge in [-0.05, 0) is 74.6 Å². The predicted molar refractivity (Wildman–Crippen MR) is 137 cm³/mol. The lowest BCUT2D eigenvalue weighted by atomic mass is 9.77. The highest BCUT2D eigenvalue weighted by molar-refractivity contribution is 5.84. The first-order valence-corrected chi connectivity index (χ1v) is 12.7. The number of benzene rings is 2. The Morgan fingerprint density at radius 3 is 2.42 bits per heavy atom. The number of anilines is 1. The maximum atomic E-state index is 12.4. The molecule has 1 fully saturated rings. The zero-order valence-corrected chi connectivity index (χ0v) is 21.0. The number of carbonyl (C=O) groups is 2. The number of nitrogens with one attached hydrogen (secondary N) is 1. The number of hydrogen-bond acceptors (Lipinski definition) is 6. The van der Waals surface area contributed by atoms with Crippen LogP contribution in [0.5, 0.6) is 0 Å². The van der Waals surface area contributed by atoms with E-state index < -0.39 is 6.09 Å². The summed E-state index contributed by atoms with van der Waals surface area (Å²) in [4.78, 5) is 24.2. The summed E-state index contributed by atoms with van der Waals surface area (Å²) in [6.45, 7) is 4.37. The van der Waals surface area contributed by atoms with Crippen molar-refractivity contribution in [2.24, 2.45) is 5.92 Å². The van der Waals surface area contributed by atoms with Gasteiger partial charge in [0.05, 0.1) is 18.9 Å². The summed E-state index contributed by atoms with van der Waals surface area (Å²) in [7, 11) is 0. The molecule has 0 bridgehead atoms. The average Bonchev–Trinajstić information content (AvgIpc) is 3.25. The van der Waals surface area contributed by atoms with E-state index in [2.05, 4.69) is 27.8 Å². The van der Waals surface area contributed by atoms with Crippen LogP contribution >= 0.6 is 0 Å². The molecule has 0 aliphatic heterocycles. The van der Waals surface area contributed by atoms with Crippen molar-refractivity contribution >= 4 is 17.9 Å². The van der Waals surface area contributed by atoms with Gasteiger partial charge in [0.25, 0.3) is 0 Å². The Balaban J connectivity index is 1.32. The molecule has 8 heteroatoms. The number of hydrogen-bond donors (Lipinski definition) is 1. The smallest absolute Gasteiger partial charge is 0.412 e. The standard InChI is InChI=1S/C28H34N4O4/c1-3-35-26(33)19-22-9-11-23(12-10-22)24-13-15-25(16-14-24)32-27(20(2)30-31-32)29-28(34)36-18-17-21-7-5-4-6-8-21/h4-8,13-16,22-23H,3,9-12,17-19H2,1-2H3,(H,29,34). The Labute approximate surface area is 212 Å². The van der Waals surface area contributed by atoms with Crippen LogP contribution in [0.2, 0.25) is 0 Å². The molecule has 4 rings (SSSR count). The van der Waals surface area contributed by atoms with Gasteiger partial charge in [-0.1, -0.05) is 47.7 Å². The summed E-state index contributed by atoms with van der Waals surface area (Å²) in [5.41, 5.74) is 3.81. The van der Waals surface area contributed by atoms with Crippen LogP contribution in [-0.2, 0) is 20.7 Å². The van der Waals surface area contributed by atoms with Crippen LogP contribution in [0.3, 0.4) is 0 Å². The summed E-state index contributed by atoms with van der Waals surface area (Å²) < 4.78 is 12.1. The lowest BCUT2D eigenvalue weighted by Crippen LogP contribution is -2.18. The lowest BCUT2D eigenvalue weighted by molar-refractivity contribution is -0.144. The number of nitrogens with zero attached hydrogens (tertiary/aromatic N) is 3. The molecule has 2 aromatic carbocycles. The molecule has 0 radical (unpaired) electrons. The number of rotatable bonds is 9. The number of amides is 1. The summed E-state index contributed by atoms with van der Waals surface area (Å²) in [5, 5.41) is 11.1. The zero-order valence-electron chi connectivity index (χ0n) is 21.0. The first-order valence-electron chi connectivity index (χ1n) is 12.7. The SMILES string of the molecule is CCOC(=O)CC1CCC(c2ccc(-n3nnc(C)c3NC(=O)OCCc3ccccc3)cc2)CC1. The molecular weight excluding hydrogens is 456 g/mol. The number of esters is 1. The molecule has 0 spiro atoms. The van der Waals surface area contributed by atoms with Crippen molar-refractivity contribution in [3.05, 3.63) is 71.4 Å². The van der Waals surface area contributed by atoms with Gasteiger partial charge in [-0.2, -0.15) is 4.68 Å². The van der Waals surface area contributed by atoms with Crippen LogP contribution in [0.1, 0.15) is 61.8 Å². The summed E-state index contributed by atoms with van der Waals surface area (Å²) in [6.07, 6.45) is 4.84. The van der Waals surface area contributed by atoms with Crippen LogP contribution < -0.4 is 5.32 Å². The molecule has 1 aliphatic carbocycles. The quantitative estimate of drug-likeness (QED) is 0.393. The van der Waals surface area contributed by atoms with Crippen LogP contribution in [0, 0.1) is 12.8 Å². The summed E-state index contributed by atoms with van der Waals surface area (Å²) in [5.74, 6) is 1.30. The molecule has 1 aliphatic rings. The fourth-order valence-corrected chi connectivity index (χ4v) is 4.76. The van der Waals surface area contributed by atoms with Gasteiger partial charge in [-0.15, -0.1) is 5.10 Å². The topological polar surface area (TPSA) is 95.3 Å². The minimum atomic E-state index is -0.534. The van der Waals surface area contributed by atoms with Crippen molar-refractivity contribution in [2.75, 3.05) is 18.5 Å². The Kier molecular flexibility index (Phi) is 8.71. The number of ether oxygens (including phenoxy) is 2. The van der Waals surface area contributed by atoms with Crippen molar-refractivity contribution < 1.29 is 19.1 Å². The predicted octanol–water partition coefficient (Wildman–Crippen LogP) is 5.59. The normalized spacial score (nSPS) is 17.4. The molecular formula is C28H34N4O4. The zero-order chi connectivity index (χ0) is 25.3. The van der Waals surface area contributed by atoms with E-state index in [1.54, 1.807) is 11.6 Å². The maximum Gasteiger partial charge on any atom is 0.412 e. The third-order valence-corrected chi connectivity index (χ3v) is 6.74. The van der Waals surface area contributed by atoms with Crippen molar-refractivity contribution in [3.8, 4) is 5.69 Å². The molecule has 36 heavy (non-hydrogen) atoms. The van der Waals surface area contributed by atoms with Gasteiger partial charge in [-0.3, -0.25) is 10.1 Å². The molecule has 1 heterocycles. The monoisotopic (exact) mass is 490 g/mol. The number of carbonyl (C=O) groups excluding carboxylic acids is 2. The van der Waals surface area contributed by atoms with Gasteiger partial charge in [0.15, 0.2) is 5.82 Å². The summed E-state index contributed by atoms with van der Waals surface area (Å²) >= 11 is 0. The average molecular weight is 491 g/mol. The van der Waals surface area contributed by atoms with Gasteiger partial charge in [0.2, 0.25) is 0 Å². The molecule has 8 nitrogen and oxygen atoms in total. The second-order valence-electron chi connectivity index (χ2n) is 9.25. The molecule has 190 valence electrons. The van der Waals surface area contributed by atoms with E-state index in [0.717, 1.165) is 36.9 Å². The highest BCUT2D eigenvalue weighted by Crippen LogP contribution is 2.37. The van der Waals surface area contributed by atoms with E-state index in [1.165, 1.54) is 5.56 Å². The van der Waals surface area contributed by atoms with Crippen LogP contribution in [0.15, 0.2) is 54.6 Å². The maximum absolute atomic E-state index is 12.4. The fraction of sp³-hybridized carbons (Fsp3) is 0.429. The van der Waals surface area contributed by atoms with Gasteiger partial charge < -0.3 is 9.47 Å². The molecule has 1 saturated carbocycles. The van der Waals surface area contributed by atoms with E-state index in [9.17, 15) is 9.59 Å². The van der Waals surface area contributed by atoms with Crippen LogP contribution in [-0.4, -0.2) is 40.3 Å². The van der Waals surface area contributed by atoms with E-state index in [-0.39, 0.29) is 12.6 Å². The minimum Gasteiger partial charge on any atom is -0.466 e. The minimum absolute atomic E-state index is 0.0853. The third-order valence-electron chi connectivity index (χ3n) is 6.74. The van der Waals surface area contributed by atoms with Gasteiger partial charge >= 0.3 is 12.1 Å². The largest absolute Gasteiger partial charge is 0.466 e. The second-order valence-corrected chi connectivity index (χ2v) is 9.25. The van der Waals surface area contributed by atoms with Crippen molar-refractivity contribution in [1.29, 1.82) is 0 Å². The van der Waals surface area contributed by atoms with E-state index in [1.807, 2.05) is 49.4 Å². The number of aromatic nitrogens is 3. The van der Waals surface area contributed by atoms with Crippen molar-refractivity contribution in [2.45, 2.75) is 58.3 Å². The van der Waals surface area contributed by atoms with E-state index in [4.69, 9.17) is 9.47 Å². The van der Waals surface area contributed by atoms with Crippen LogP contribution in [0.4, 0.5) is 10.6 Å². The lowest BCUT2D eigenvalue weighted by Gasteiger charge is -2.28. The molecule has 0 atom stereocenters. The fourth-order valence-electron chi connectivity index (χ4n) is 4.76. The molecule has 1 amide bonds. The van der Waals surface area contributed by atoms with Crippen LogP contribution in [0.25, 0.3) is 5.69 Å². The first kappa shape index (κ1) is 25.4. The van der Waals surface area contributed by atoms with Crippen molar-refractivity contribution in [1.82, 2.24) is 15.0 Å². The van der Waals surface area contributed by atoms with E-state index in [0.29, 0.717) is 42.8 Å². The van der Waals surface area contributed by atoms with Gasteiger partial charge in [0, 0.05) is 12.8 Å². The Bertz CT molecular complexity index is 1140. The summed E-state index contributed by atoms with van der Waals surface area (Å²) in [6, 6.07) is 18.1. The number of aryl methyl sites for hydroxylation is 1. The second kappa shape index (κ2) is 12.3. The van der Waals surface area contributed by atoms with Crippen molar-refractivity contribution in [3.63, 3.8) is 0 Å². The highest BCUT2D eigenvalue weighted by Gasteiger charge is 2.25. The van der Waals surface area contributed by atoms with E-state index >= 15 is 0 Å². The molecule has 1 N–H and O–H groups in total. The first-order chi connectivity index (χ1) is 17.5. The van der Waals surface area contributed by atoms with Gasteiger partial charge in [-0.25, -0.2) is 4.79 Å². The molecule has 0 saturated heterocycles. The Morgan fingerprint density at radius 1 is 1.00 bits per heavy atom. The Morgan fingerprint density at radius 2 is 1.72 bits per heavy atom. The Hall–Kier alpha value is -3.68. The van der Waals surface area contributed by atoms with Gasteiger partial charge in [0.1, 0.15) is 5.69 Å². The highest BCUT2D eigenvalue weighted by atomic mass is 16.5. The third kappa shape index (κ3) is 6.71. The molecule has 1 aromatic heterocycles.